The molecule has 0 saturated heterocycles. The van der Waals surface area contributed by atoms with Gasteiger partial charge in [-0.1, -0.05) is 96.9 Å². The summed E-state index contributed by atoms with van der Waals surface area (Å²) in [6.45, 7) is 27.4. The smallest absolute Gasteiger partial charge is 0.308 e. The van der Waals surface area contributed by atoms with Gasteiger partial charge in [-0.3, -0.25) is 9.59 Å². The van der Waals surface area contributed by atoms with Crippen molar-refractivity contribution in [3.8, 4) is 0 Å². The number of methoxy groups -OCH3 is 2. The topological polar surface area (TPSA) is 52.6 Å². The Bertz CT molecular complexity index is 482. The third kappa shape index (κ3) is 72.7. The minimum absolute atomic E-state index is 0. The maximum Gasteiger partial charge on any atom is 0.308 e. The summed E-state index contributed by atoms with van der Waals surface area (Å²) in [6.07, 6.45) is 0.854. The van der Waals surface area contributed by atoms with E-state index in [0.29, 0.717) is 0 Å². The molecule has 2 aromatic carbocycles. The van der Waals surface area contributed by atoms with Gasteiger partial charge in [-0.25, -0.2) is 0 Å². The van der Waals surface area contributed by atoms with Gasteiger partial charge < -0.3 is 9.47 Å². The first-order valence-electron chi connectivity index (χ1n) is 13.9. The Morgan fingerprint density at radius 3 is 0.872 bits per heavy atom. The maximum atomic E-state index is 10.5. The zero-order chi connectivity index (χ0) is 30.9. The Morgan fingerprint density at radius 2 is 0.821 bits per heavy atom. The second kappa shape index (κ2) is 71.2. The molecule has 2 aromatic rings. The summed E-state index contributed by atoms with van der Waals surface area (Å²) >= 11 is 0. The minimum Gasteiger partial charge on any atom is -0.469 e. The molecule has 0 saturated carbocycles. The van der Waals surface area contributed by atoms with Gasteiger partial charge in [0.2, 0.25) is 0 Å². The molecule has 1 unspecified atom stereocenters. The molecule has 4 nitrogen and oxygen atoms in total. The number of ether oxygens (including phenoxy) is 2. The van der Waals surface area contributed by atoms with E-state index >= 15 is 0 Å². The molecule has 0 fully saturated rings. The van der Waals surface area contributed by atoms with Crippen LogP contribution in [0.3, 0.4) is 0 Å². The van der Waals surface area contributed by atoms with Crippen molar-refractivity contribution in [3.05, 3.63) is 72.8 Å². The summed E-state index contributed by atoms with van der Waals surface area (Å²) in [5.41, 5.74) is 0. The van der Waals surface area contributed by atoms with Crippen LogP contribution in [-0.4, -0.2) is 26.2 Å². The molecule has 0 spiro atoms. The molecular weight excluding hydrogens is 638 g/mol. The van der Waals surface area contributed by atoms with Gasteiger partial charge in [-0.2, -0.15) is 72.8 Å². The molecule has 39 heavy (non-hydrogen) atoms. The molecule has 0 aromatic heterocycles. The van der Waals surface area contributed by atoms with Crippen LogP contribution in [0.1, 0.15) is 103 Å². The molecule has 226 valence electrons. The van der Waals surface area contributed by atoms with Gasteiger partial charge >= 0.3 is 11.9 Å². The van der Waals surface area contributed by atoms with E-state index in [1.807, 2.05) is 144 Å². The minimum atomic E-state index is -0.153. The van der Waals surface area contributed by atoms with Crippen LogP contribution >= 0.6 is 0 Å². The molecule has 0 aliphatic rings. The molecular formula is C33H62O4Y2-2. The molecule has 2 radical (unpaired) electrons. The summed E-state index contributed by atoms with van der Waals surface area (Å²) < 4.78 is 8.84. The first-order valence-corrected chi connectivity index (χ1v) is 13.9. The van der Waals surface area contributed by atoms with E-state index in [2.05, 4.69) is 21.6 Å². The van der Waals surface area contributed by atoms with Crippen LogP contribution in [0.15, 0.2) is 60.7 Å². The van der Waals surface area contributed by atoms with Gasteiger partial charge in [-0.15, -0.1) is 0 Å². The monoisotopic (exact) mass is 700 g/mol. The average molecular weight is 701 g/mol. The summed E-state index contributed by atoms with van der Waals surface area (Å²) in [6, 6.07) is 25.0. The normalized spacial score (nSPS) is 7.51. The Balaban J connectivity index is -0.0000000391. The third-order valence-electron chi connectivity index (χ3n) is 3.10. The van der Waals surface area contributed by atoms with Gasteiger partial charge in [0.05, 0.1) is 26.1 Å². The Labute approximate surface area is 296 Å². The molecule has 0 N–H and O–H groups in total. The van der Waals surface area contributed by atoms with Gasteiger partial charge in [-0.05, 0) is 6.42 Å². The number of hydrogen-bond donors (Lipinski definition) is 0. The van der Waals surface area contributed by atoms with Crippen LogP contribution in [-0.2, 0) is 84.5 Å². The van der Waals surface area contributed by atoms with E-state index in [-0.39, 0.29) is 89.2 Å². The Hall–Kier alpha value is -0.412. The van der Waals surface area contributed by atoms with Crippen molar-refractivity contribution >= 4 is 11.9 Å². The van der Waals surface area contributed by atoms with Crippen molar-refractivity contribution in [2.75, 3.05) is 14.2 Å². The van der Waals surface area contributed by atoms with Gasteiger partial charge in [0.1, 0.15) is 0 Å². The SMILES string of the molecule is CC.CC.CC.CC.CC.CCC(C)C(=O)OC.COC(=O)C(C)C.[Y].[Y].[c-]1ccccc1.[c-]1ccccc1. The standard InChI is InChI=1S/C6H12O2.2C6H5.C5H10O2.5C2H6.2Y/c1-4-5(2)6(7)8-3;2*1-2-4-6-5-3-1;1-4(2)5(6)7-3;5*1-2;;/h5H,4H2,1-3H3;2*1-5H;4H,1-3H3;5*1-2H3;;/q;2*-1;;;;;;;;. The quantitative estimate of drug-likeness (QED) is 0.236. The third-order valence-corrected chi connectivity index (χ3v) is 3.10. The van der Waals surface area contributed by atoms with Gasteiger partial charge in [0.25, 0.3) is 0 Å². The first kappa shape index (κ1) is 62.3. The van der Waals surface area contributed by atoms with Crippen LogP contribution < -0.4 is 0 Å². The van der Waals surface area contributed by atoms with E-state index in [1.165, 1.54) is 14.2 Å². The first-order chi connectivity index (χ1) is 17.9. The maximum absolute atomic E-state index is 10.5. The number of carbonyl (C=O) groups is 2. The van der Waals surface area contributed by atoms with Gasteiger partial charge in [0, 0.05) is 65.4 Å². The molecule has 0 heterocycles. The molecule has 2 rings (SSSR count). The van der Waals surface area contributed by atoms with E-state index in [4.69, 9.17) is 0 Å². The van der Waals surface area contributed by atoms with Crippen molar-refractivity contribution in [3.63, 3.8) is 0 Å². The van der Waals surface area contributed by atoms with E-state index < -0.39 is 0 Å². The second-order valence-corrected chi connectivity index (χ2v) is 5.67. The molecule has 0 amide bonds. The predicted octanol–water partition coefficient (Wildman–Crippen LogP) is 10.1. The van der Waals surface area contributed by atoms with Crippen molar-refractivity contribution in [2.24, 2.45) is 11.8 Å². The Morgan fingerprint density at radius 1 is 0.564 bits per heavy atom. The van der Waals surface area contributed by atoms with Crippen LogP contribution in [0.4, 0.5) is 0 Å². The number of benzene rings is 2. The Kier molecular flexibility index (Phi) is 114. The van der Waals surface area contributed by atoms with Crippen LogP contribution in [0.2, 0.25) is 0 Å². The van der Waals surface area contributed by atoms with Gasteiger partial charge in [0.15, 0.2) is 0 Å². The number of esters is 2. The molecule has 0 aliphatic heterocycles. The van der Waals surface area contributed by atoms with E-state index in [1.54, 1.807) is 13.8 Å². The van der Waals surface area contributed by atoms with E-state index in [0.717, 1.165) is 6.42 Å². The second-order valence-electron chi connectivity index (χ2n) is 5.67. The van der Waals surface area contributed by atoms with E-state index in [9.17, 15) is 9.59 Å². The zero-order valence-corrected chi connectivity index (χ0v) is 34.1. The van der Waals surface area contributed by atoms with Crippen molar-refractivity contribution in [2.45, 2.75) is 103 Å². The van der Waals surface area contributed by atoms with Crippen molar-refractivity contribution in [1.82, 2.24) is 0 Å². The molecule has 1 atom stereocenters. The molecule has 0 aliphatic carbocycles. The van der Waals surface area contributed by atoms with Crippen LogP contribution in [0, 0.1) is 24.0 Å². The number of hydrogen-bond acceptors (Lipinski definition) is 4. The fraction of sp³-hybridized carbons (Fsp3) is 0.576. The van der Waals surface area contributed by atoms with Crippen LogP contribution in [0.25, 0.3) is 0 Å². The summed E-state index contributed by atoms with van der Waals surface area (Å²) in [7, 11) is 2.80. The molecule has 0 bridgehead atoms. The summed E-state index contributed by atoms with van der Waals surface area (Å²) in [5, 5.41) is 0. The largest absolute Gasteiger partial charge is 0.469 e. The average Bonchev–Trinajstić information content (AvgIpc) is 3.03. The fourth-order valence-corrected chi connectivity index (χ4v) is 1.29. The number of rotatable bonds is 3. The predicted molar refractivity (Wildman–Crippen MR) is 166 cm³/mol. The summed E-state index contributed by atoms with van der Waals surface area (Å²) in [5.74, 6) is -0.211. The fourth-order valence-electron chi connectivity index (χ4n) is 1.29. The zero-order valence-electron chi connectivity index (χ0n) is 28.4. The van der Waals surface area contributed by atoms with Crippen molar-refractivity contribution < 1.29 is 84.5 Å². The molecule has 6 heteroatoms. The van der Waals surface area contributed by atoms with Crippen molar-refractivity contribution in [1.29, 1.82) is 0 Å². The van der Waals surface area contributed by atoms with Crippen LogP contribution in [0.5, 0.6) is 0 Å². The summed E-state index contributed by atoms with van der Waals surface area (Å²) in [4.78, 5) is 20.8. The number of carbonyl (C=O) groups excluding carboxylic acids is 2.